The van der Waals surface area contributed by atoms with Crippen LogP contribution in [0.4, 0.5) is 11.8 Å². The van der Waals surface area contributed by atoms with Crippen molar-refractivity contribution in [3.63, 3.8) is 0 Å². The highest BCUT2D eigenvalue weighted by atomic mass is 32.1. The lowest BCUT2D eigenvalue weighted by Crippen LogP contribution is -2.46. The van der Waals surface area contributed by atoms with E-state index in [-0.39, 0.29) is 0 Å². The summed E-state index contributed by atoms with van der Waals surface area (Å²) in [6.45, 7) is 9.83. The molecule has 0 aromatic carbocycles. The van der Waals surface area contributed by atoms with Crippen molar-refractivity contribution in [2.24, 2.45) is 0 Å². The maximum Gasteiger partial charge on any atom is 0.223 e. The molecule has 0 saturated carbocycles. The van der Waals surface area contributed by atoms with Crippen molar-refractivity contribution in [2.45, 2.75) is 26.7 Å². The Morgan fingerprint density at radius 3 is 2.62 bits per heavy atom. The molecular formula is C15H23N5S. The Bertz CT molecular complexity index is 616. The van der Waals surface area contributed by atoms with E-state index < -0.39 is 0 Å². The maximum atomic E-state index is 5.90. The van der Waals surface area contributed by atoms with Crippen LogP contribution in [0.15, 0.2) is 6.07 Å². The lowest BCUT2D eigenvalue weighted by atomic mass is 10.2. The summed E-state index contributed by atoms with van der Waals surface area (Å²) in [5.74, 6) is 1.41. The Morgan fingerprint density at radius 1 is 1.19 bits per heavy atom. The first-order valence-electron chi connectivity index (χ1n) is 7.74. The maximum absolute atomic E-state index is 5.90. The Balaban J connectivity index is 1.88. The van der Waals surface area contributed by atoms with Crippen LogP contribution in [0.3, 0.4) is 0 Å². The summed E-state index contributed by atoms with van der Waals surface area (Å²) in [4.78, 5) is 16.2. The molecular weight excluding hydrogens is 282 g/mol. The fraction of sp³-hybridized carbons (Fsp3) is 0.600. The topological polar surface area (TPSA) is 58.3 Å². The van der Waals surface area contributed by atoms with Gasteiger partial charge in [0, 0.05) is 31.1 Å². The molecule has 0 atom stereocenters. The summed E-state index contributed by atoms with van der Waals surface area (Å²) in [7, 11) is 0. The zero-order chi connectivity index (χ0) is 14.8. The van der Waals surface area contributed by atoms with Crippen LogP contribution in [0.5, 0.6) is 0 Å². The summed E-state index contributed by atoms with van der Waals surface area (Å²) >= 11 is 1.73. The van der Waals surface area contributed by atoms with E-state index in [0.717, 1.165) is 48.6 Å². The number of aromatic nitrogens is 2. The molecule has 0 bridgehead atoms. The van der Waals surface area contributed by atoms with Gasteiger partial charge in [-0.25, -0.2) is 4.98 Å². The van der Waals surface area contributed by atoms with Crippen LogP contribution >= 0.6 is 11.3 Å². The number of aryl methyl sites for hydroxylation is 1. The molecule has 2 aromatic rings. The fourth-order valence-corrected chi connectivity index (χ4v) is 3.86. The fourth-order valence-electron chi connectivity index (χ4n) is 2.89. The van der Waals surface area contributed by atoms with Gasteiger partial charge in [0.15, 0.2) is 0 Å². The molecule has 2 aromatic heterocycles. The number of fused-ring (bicyclic) bond motifs is 1. The molecule has 0 aliphatic carbocycles. The van der Waals surface area contributed by atoms with Crippen molar-refractivity contribution in [2.75, 3.05) is 43.4 Å². The van der Waals surface area contributed by atoms with Crippen molar-refractivity contribution in [3.8, 4) is 0 Å². The molecule has 5 nitrogen and oxygen atoms in total. The number of hydrogen-bond donors (Lipinski definition) is 1. The lowest BCUT2D eigenvalue weighted by molar-refractivity contribution is 0.258. The van der Waals surface area contributed by atoms with Crippen LogP contribution in [0, 0.1) is 0 Å². The van der Waals surface area contributed by atoms with Gasteiger partial charge in [-0.1, -0.05) is 13.8 Å². The van der Waals surface area contributed by atoms with Gasteiger partial charge in [-0.05, 0) is 25.5 Å². The number of hydrogen-bond acceptors (Lipinski definition) is 6. The van der Waals surface area contributed by atoms with Crippen molar-refractivity contribution in [1.82, 2.24) is 14.9 Å². The quantitative estimate of drug-likeness (QED) is 0.940. The SMILES string of the molecule is CCCN1CCN(c2nc(N)nc3sc(CC)cc23)CC1. The third kappa shape index (κ3) is 2.96. The van der Waals surface area contributed by atoms with Crippen molar-refractivity contribution >= 4 is 33.3 Å². The Labute approximate surface area is 129 Å². The molecule has 0 amide bonds. The highest BCUT2D eigenvalue weighted by molar-refractivity contribution is 7.18. The number of thiophene rings is 1. The second kappa shape index (κ2) is 6.15. The predicted molar refractivity (Wildman–Crippen MR) is 90.1 cm³/mol. The van der Waals surface area contributed by atoms with E-state index in [2.05, 4.69) is 39.7 Å². The largest absolute Gasteiger partial charge is 0.368 e. The van der Waals surface area contributed by atoms with E-state index in [1.54, 1.807) is 11.3 Å². The van der Waals surface area contributed by atoms with E-state index in [1.165, 1.54) is 17.8 Å². The Hall–Kier alpha value is -1.40. The van der Waals surface area contributed by atoms with Gasteiger partial charge in [0.05, 0.1) is 5.39 Å². The van der Waals surface area contributed by atoms with E-state index >= 15 is 0 Å². The van der Waals surface area contributed by atoms with E-state index in [9.17, 15) is 0 Å². The molecule has 1 aliphatic rings. The molecule has 0 spiro atoms. The van der Waals surface area contributed by atoms with Gasteiger partial charge in [0.25, 0.3) is 0 Å². The van der Waals surface area contributed by atoms with Crippen LogP contribution in [0.1, 0.15) is 25.1 Å². The van der Waals surface area contributed by atoms with Crippen LogP contribution in [-0.4, -0.2) is 47.6 Å². The number of nitrogen functional groups attached to an aromatic ring is 1. The van der Waals surface area contributed by atoms with Crippen molar-refractivity contribution in [1.29, 1.82) is 0 Å². The average molecular weight is 305 g/mol. The molecule has 1 aliphatic heterocycles. The molecule has 2 N–H and O–H groups in total. The van der Waals surface area contributed by atoms with E-state index in [4.69, 9.17) is 5.73 Å². The summed E-state index contributed by atoms with van der Waals surface area (Å²) in [5.41, 5.74) is 5.90. The number of nitrogens with two attached hydrogens (primary N) is 1. The minimum Gasteiger partial charge on any atom is -0.368 e. The normalized spacial score (nSPS) is 16.8. The zero-order valence-corrected chi connectivity index (χ0v) is 13.6. The summed E-state index contributed by atoms with van der Waals surface area (Å²) < 4.78 is 0. The van der Waals surface area contributed by atoms with Gasteiger partial charge in [-0.15, -0.1) is 11.3 Å². The van der Waals surface area contributed by atoms with Gasteiger partial charge >= 0.3 is 0 Å². The molecule has 21 heavy (non-hydrogen) atoms. The zero-order valence-electron chi connectivity index (χ0n) is 12.8. The highest BCUT2D eigenvalue weighted by Gasteiger charge is 2.21. The third-order valence-electron chi connectivity index (χ3n) is 4.00. The monoisotopic (exact) mass is 305 g/mol. The van der Waals surface area contributed by atoms with Crippen LogP contribution in [0.2, 0.25) is 0 Å². The second-order valence-electron chi connectivity index (χ2n) is 5.52. The van der Waals surface area contributed by atoms with Gasteiger partial charge in [0.2, 0.25) is 5.95 Å². The first kappa shape index (κ1) is 14.5. The minimum atomic E-state index is 0.387. The van der Waals surface area contributed by atoms with Crippen LogP contribution < -0.4 is 10.6 Å². The summed E-state index contributed by atoms with van der Waals surface area (Å²) in [5, 5.41) is 1.16. The van der Waals surface area contributed by atoms with E-state index in [0.29, 0.717) is 5.95 Å². The number of nitrogens with zero attached hydrogens (tertiary/aromatic N) is 4. The van der Waals surface area contributed by atoms with Crippen molar-refractivity contribution in [3.05, 3.63) is 10.9 Å². The van der Waals surface area contributed by atoms with E-state index in [1.807, 2.05) is 0 Å². The molecule has 0 radical (unpaired) electrons. The minimum absolute atomic E-state index is 0.387. The average Bonchev–Trinajstić information content (AvgIpc) is 2.90. The third-order valence-corrected chi connectivity index (χ3v) is 5.17. The van der Waals surface area contributed by atoms with Crippen LogP contribution in [0.25, 0.3) is 10.2 Å². The molecule has 3 heterocycles. The molecule has 6 heteroatoms. The number of anilines is 2. The first-order valence-corrected chi connectivity index (χ1v) is 8.56. The lowest BCUT2D eigenvalue weighted by Gasteiger charge is -2.35. The van der Waals surface area contributed by atoms with Gasteiger partial charge < -0.3 is 10.6 Å². The first-order chi connectivity index (χ1) is 10.2. The number of rotatable bonds is 4. The van der Waals surface area contributed by atoms with Crippen molar-refractivity contribution < 1.29 is 0 Å². The molecule has 1 fully saturated rings. The molecule has 114 valence electrons. The Kier molecular flexibility index (Phi) is 4.26. The predicted octanol–water partition coefficient (Wildman–Crippen LogP) is 2.37. The smallest absolute Gasteiger partial charge is 0.223 e. The van der Waals surface area contributed by atoms with Gasteiger partial charge in [-0.2, -0.15) is 4.98 Å². The van der Waals surface area contributed by atoms with Gasteiger partial charge in [0.1, 0.15) is 10.6 Å². The van der Waals surface area contributed by atoms with Gasteiger partial charge in [-0.3, -0.25) is 4.90 Å². The standard InChI is InChI=1S/C15H23N5S/c1-3-5-19-6-8-20(9-7-19)13-12-10-11(4-2)21-14(12)18-15(16)17-13/h10H,3-9H2,1-2H3,(H2,16,17,18). The highest BCUT2D eigenvalue weighted by Crippen LogP contribution is 2.32. The number of piperazine rings is 1. The molecule has 3 rings (SSSR count). The summed E-state index contributed by atoms with van der Waals surface area (Å²) in [6.07, 6.45) is 2.25. The summed E-state index contributed by atoms with van der Waals surface area (Å²) in [6, 6.07) is 2.23. The molecule has 0 unspecified atom stereocenters. The second-order valence-corrected chi connectivity index (χ2v) is 6.63. The Morgan fingerprint density at radius 2 is 1.95 bits per heavy atom. The molecule has 1 saturated heterocycles. The van der Waals surface area contributed by atoms with Crippen LogP contribution in [-0.2, 0) is 6.42 Å².